The molecule has 0 aliphatic heterocycles. The number of hydrogen-bond acceptors (Lipinski definition) is 2. The molecule has 0 amide bonds. The lowest BCUT2D eigenvalue weighted by Crippen LogP contribution is -2.27. The van der Waals surface area contributed by atoms with Gasteiger partial charge in [0.1, 0.15) is 0 Å². The first kappa shape index (κ1) is 23.7. The molecule has 2 rings (SSSR count). The van der Waals surface area contributed by atoms with E-state index in [-0.39, 0.29) is 10.7 Å². The van der Waals surface area contributed by atoms with E-state index in [0.717, 1.165) is 37.6 Å². The van der Waals surface area contributed by atoms with Crippen LogP contribution < -0.4 is 5.46 Å². The lowest BCUT2D eigenvalue weighted by atomic mass is 9.47. The maximum Gasteiger partial charge on any atom is 0.206 e. The summed E-state index contributed by atoms with van der Waals surface area (Å²) in [4.78, 5) is 0.710. The molecule has 1 radical (unpaired) electrons. The van der Waals surface area contributed by atoms with Crippen molar-refractivity contribution in [3.05, 3.63) is 54.1 Å². The van der Waals surface area contributed by atoms with Gasteiger partial charge < -0.3 is 0 Å². The molecular formula is C25H36BO2S. The third kappa shape index (κ3) is 5.34. The topological polar surface area (TPSA) is 34.1 Å². The summed E-state index contributed by atoms with van der Waals surface area (Å²) in [6, 6.07) is 14.8. The van der Waals surface area contributed by atoms with Crippen molar-refractivity contribution in [3.8, 4) is 0 Å². The van der Waals surface area contributed by atoms with Gasteiger partial charge in [-0.3, -0.25) is 0 Å². The van der Waals surface area contributed by atoms with Gasteiger partial charge >= 0.3 is 0 Å². The SMILES string of the molecule is CCCC(C)([B]c1ccc(S(=O)(=O)c2ccc(C(C)(CC)CC)cc2)cc1)CC. The number of hydrogen-bond donors (Lipinski definition) is 0. The first-order valence-corrected chi connectivity index (χ1v) is 12.4. The van der Waals surface area contributed by atoms with E-state index in [1.54, 1.807) is 24.3 Å². The summed E-state index contributed by atoms with van der Waals surface area (Å²) in [6.45, 7) is 13.3. The van der Waals surface area contributed by atoms with E-state index in [4.69, 9.17) is 0 Å². The van der Waals surface area contributed by atoms with Crippen molar-refractivity contribution in [2.24, 2.45) is 0 Å². The Hall–Kier alpha value is -1.55. The van der Waals surface area contributed by atoms with Crippen LogP contribution in [0.5, 0.6) is 0 Å². The molecule has 2 aromatic carbocycles. The lowest BCUT2D eigenvalue weighted by molar-refractivity contribution is 0.438. The summed E-state index contributed by atoms with van der Waals surface area (Å²) in [5.74, 6) is 0. The molecule has 0 saturated heterocycles. The van der Waals surface area contributed by atoms with Gasteiger partial charge in [0.2, 0.25) is 9.84 Å². The molecule has 2 nitrogen and oxygen atoms in total. The Balaban J connectivity index is 2.25. The van der Waals surface area contributed by atoms with Gasteiger partial charge in [0.15, 0.2) is 7.28 Å². The van der Waals surface area contributed by atoms with E-state index in [1.807, 2.05) is 24.3 Å². The molecule has 2 aromatic rings. The van der Waals surface area contributed by atoms with Crippen molar-refractivity contribution in [3.63, 3.8) is 0 Å². The molecule has 1 atom stereocenters. The van der Waals surface area contributed by atoms with Crippen LogP contribution in [-0.2, 0) is 15.3 Å². The Morgan fingerprint density at radius 3 is 1.66 bits per heavy atom. The van der Waals surface area contributed by atoms with Gasteiger partial charge in [-0.05, 0) is 48.1 Å². The highest BCUT2D eigenvalue weighted by Gasteiger charge is 2.25. The summed E-state index contributed by atoms with van der Waals surface area (Å²) < 4.78 is 26.2. The summed E-state index contributed by atoms with van der Waals surface area (Å²) in [6.07, 6.45) is 5.40. The lowest BCUT2D eigenvalue weighted by Gasteiger charge is -2.27. The summed E-state index contributed by atoms with van der Waals surface area (Å²) in [5.41, 5.74) is 2.37. The minimum absolute atomic E-state index is 0.0875. The normalized spacial score (nSPS) is 14.4. The van der Waals surface area contributed by atoms with Crippen LogP contribution in [0.15, 0.2) is 58.3 Å². The van der Waals surface area contributed by atoms with Gasteiger partial charge in [0.05, 0.1) is 9.79 Å². The molecule has 0 aromatic heterocycles. The quantitative estimate of drug-likeness (QED) is 0.429. The first-order valence-electron chi connectivity index (χ1n) is 11.0. The average Bonchev–Trinajstić information content (AvgIpc) is 2.73. The fourth-order valence-corrected chi connectivity index (χ4v) is 5.16. The predicted octanol–water partition coefficient (Wildman–Crippen LogP) is 6.32. The maximum absolute atomic E-state index is 13.1. The smallest absolute Gasteiger partial charge is 0.206 e. The van der Waals surface area contributed by atoms with E-state index >= 15 is 0 Å². The second kappa shape index (κ2) is 9.51. The van der Waals surface area contributed by atoms with Crippen molar-refractivity contribution in [2.75, 3.05) is 0 Å². The summed E-state index contributed by atoms with van der Waals surface area (Å²) in [7, 11) is -1.23. The third-order valence-electron chi connectivity index (χ3n) is 6.76. The zero-order chi connectivity index (χ0) is 21.7. The van der Waals surface area contributed by atoms with Crippen LogP contribution in [0.1, 0.15) is 79.2 Å². The predicted molar refractivity (Wildman–Crippen MR) is 125 cm³/mol. The average molecular weight is 411 g/mol. The van der Waals surface area contributed by atoms with Gasteiger partial charge in [-0.25, -0.2) is 8.42 Å². The van der Waals surface area contributed by atoms with Crippen molar-refractivity contribution >= 4 is 22.6 Å². The van der Waals surface area contributed by atoms with Gasteiger partial charge in [-0.2, -0.15) is 0 Å². The van der Waals surface area contributed by atoms with Crippen LogP contribution in [0.3, 0.4) is 0 Å². The fourth-order valence-electron chi connectivity index (χ4n) is 3.90. The van der Waals surface area contributed by atoms with E-state index in [0.29, 0.717) is 9.79 Å². The number of benzene rings is 2. The molecule has 157 valence electrons. The number of sulfone groups is 1. The van der Waals surface area contributed by atoms with Crippen LogP contribution in [0, 0.1) is 0 Å². The Bertz CT molecular complexity index is 881. The highest BCUT2D eigenvalue weighted by Crippen LogP contribution is 2.34. The second-order valence-corrected chi connectivity index (χ2v) is 10.7. The molecule has 0 spiro atoms. The van der Waals surface area contributed by atoms with Crippen molar-refractivity contribution in [2.45, 2.75) is 94.2 Å². The molecule has 0 bridgehead atoms. The molecule has 0 aliphatic carbocycles. The van der Waals surface area contributed by atoms with Crippen LogP contribution in [0.2, 0.25) is 5.31 Å². The van der Waals surface area contributed by atoms with E-state index in [9.17, 15) is 8.42 Å². The van der Waals surface area contributed by atoms with Crippen LogP contribution >= 0.6 is 0 Å². The minimum Gasteiger partial charge on any atom is -0.219 e. The molecule has 1 unspecified atom stereocenters. The Morgan fingerprint density at radius 1 is 0.759 bits per heavy atom. The standard InChI is InChI=1S/C25H36BO2S/c1-7-19-25(6,10-4)26-21-13-17-23(18-14-21)29(27,28)22-15-11-20(12-16-22)24(5,8-2)9-3/h11-18H,7-10,19H2,1-6H3. The Kier molecular flexibility index (Phi) is 7.78. The molecule has 4 heteroatoms. The highest BCUT2D eigenvalue weighted by molar-refractivity contribution is 7.91. The van der Waals surface area contributed by atoms with Crippen molar-refractivity contribution in [1.82, 2.24) is 0 Å². The largest absolute Gasteiger partial charge is 0.219 e. The Labute approximate surface area is 179 Å². The number of rotatable bonds is 10. The van der Waals surface area contributed by atoms with Gasteiger partial charge in [-0.15, -0.1) is 0 Å². The minimum atomic E-state index is -3.50. The van der Waals surface area contributed by atoms with E-state index in [1.165, 1.54) is 5.56 Å². The molecule has 0 saturated carbocycles. The molecule has 0 aliphatic rings. The van der Waals surface area contributed by atoms with Crippen molar-refractivity contribution < 1.29 is 8.42 Å². The second-order valence-electron chi connectivity index (χ2n) is 8.77. The first-order chi connectivity index (χ1) is 13.6. The van der Waals surface area contributed by atoms with Crippen LogP contribution in [-0.4, -0.2) is 15.7 Å². The molecule has 0 N–H and O–H groups in total. The van der Waals surface area contributed by atoms with Crippen molar-refractivity contribution in [1.29, 1.82) is 0 Å². The van der Waals surface area contributed by atoms with Gasteiger partial charge in [-0.1, -0.05) is 95.8 Å². The maximum atomic E-state index is 13.1. The summed E-state index contributed by atoms with van der Waals surface area (Å²) in [5, 5.41) is 0.149. The van der Waals surface area contributed by atoms with E-state index in [2.05, 4.69) is 48.8 Å². The fraction of sp³-hybridized carbons (Fsp3) is 0.520. The van der Waals surface area contributed by atoms with Gasteiger partial charge in [0.25, 0.3) is 0 Å². The Morgan fingerprint density at radius 2 is 1.24 bits per heavy atom. The summed E-state index contributed by atoms with van der Waals surface area (Å²) >= 11 is 0. The van der Waals surface area contributed by atoms with Gasteiger partial charge in [0, 0.05) is 0 Å². The molecule has 0 fully saturated rings. The van der Waals surface area contributed by atoms with E-state index < -0.39 is 9.84 Å². The van der Waals surface area contributed by atoms with Crippen LogP contribution in [0.4, 0.5) is 0 Å². The molecule has 0 heterocycles. The molecular weight excluding hydrogens is 375 g/mol. The molecule has 29 heavy (non-hydrogen) atoms. The third-order valence-corrected chi connectivity index (χ3v) is 8.54. The van der Waals surface area contributed by atoms with Crippen LogP contribution in [0.25, 0.3) is 0 Å². The zero-order valence-electron chi connectivity index (χ0n) is 19.0. The monoisotopic (exact) mass is 411 g/mol. The highest BCUT2D eigenvalue weighted by atomic mass is 32.2. The zero-order valence-corrected chi connectivity index (χ0v) is 19.8.